The van der Waals surface area contributed by atoms with Crippen molar-refractivity contribution in [3.05, 3.63) is 54.1 Å². The van der Waals surface area contributed by atoms with E-state index >= 15 is 0 Å². The number of benzene rings is 1. The monoisotopic (exact) mass is 370 g/mol. The highest BCUT2D eigenvalue weighted by molar-refractivity contribution is 7.22. The molecule has 0 aliphatic carbocycles. The highest BCUT2D eigenvalue weighted by Crippen LogP contribution is 2.32. The summed E-state index contributed by atoms with van der Waals surface area (Å²) < 4.78 is 14.7. The van der Waals surface area contributed by atoms with Crippen LogP contribution in [-0.4, -0.2) is 29.0 Å². The Hall–Kier alpha value is -2.54. The number of nitrogens with one attached hydrogen (secondary N) is 1. The maximum Gasteiger partial charge on any atom is 0.225 e. The van der Waals surface area contributed by atoms with Crippen molar-refractivity contribution in [1.29, 1.82) is 0 Å². The SMILES string of the molecule is O=C(NCc1ccccn1)C1CCCN(c2nc3c(F)cccc3s2)C1. The van der Waals surface area contributed by atoms with Crippen LogP contribution in [0.15, 0.2) is 42.6 Å². The standard InChI is InChI=1S/C19H19FN4OS/c20-15-7-3-8-16-17(15)23-19(26-16)24-10-4-5-13(12-24)18(25)22-11-14-6-1-2-9-21-14/h1-3,6-9,13H,4-5,10-12H2,(H,22,25). The number of hydrogen-bond donors (Lipinski definition) is 1. The molecule has 0 saturated carbocycles. The van der Waals surface area contributed by atoms with Crippen molar-refractivity contribution in [2.45, 2.75) is 19.4 Å². The van der Waals surface area contributed by atoms with Crippen LogP contribution in [0, 0.1) is 11.7 Å². The first-order chi connectivity index (χ1) is 12.7. The van der Waals surface area contributed by atoms with Crippen LogP contribution < -0.4 is 10.2 Å². The summed E-state index contributed by atoms with van der Waals surface area (Å²) >= 11 is 1.48. The Balaban J connectivity index is 1.43. The molecule has 0 radical (unpaired) electrons. The fraction of sp³-hybridized carbons (Fsp3) is 0.316. The number of carbonyl (C=O) groups excluding carboxylic acids is 1. The Morgan fingerprint density at radius 1 is 1.31 bits per heavy atom. The van der Waals surface area contributed by atoms with Crippen molar-refractivity contribution < 1.29 is 9.18 Å². The minimum absolute atomic E-state index is 0.0349. The van der Waals surface area contributed by atoms with Crippen molar-refractivity contribution in [2.24, 2.45) is 5.92 Å². The molecular formula is C19H19FN4OS. The van der Waals surface area contributed by atoms with Gasteiger partial charge in [-0.3, -0.25) is 9.78 Å². The third-order valence-electron chi connectivity index (χ3n) is 4.59. The summed E-state index contributed by atoms with van der Waals surface area (Å²) in [5, 5.41) is 3.76. The number of rotatable bonds is 4. The number of aromatic nitrogens is 2. The third kappa shape index (κ3) is 3.53. The lowest BCUT2D eigenvalue weighted by atomic mass is 9.97. The molecule has 0 spiro atoms. The normalized spacial score (nSPS) is 17.4. The fourth-order valence-corrected chi connectivity index (χ4v) is 4.24. The molecule has 7 heteroatoms. The largest absolute Gasteiger partial charge is 0.350 e. The highest BCUT2D eigenvalue weighted by atomic mass is 32.1. The zero-order valence-corrected chi connectivity index (χ0v) is 15.0. The fourth-order valence-electron chi connectivity index (χ4n) is 3.23. The van der Waals surface area contributed by atoms with Gasteiger partial charge in [0.25, 0.3) is 0 Å². The van der Waals surface area contributed by atoms with Crippen LogP contribution in [-0.2, 0) is 11.3 Å². The van der Waals surface area contributed by atoms with Gasteiger partial charge >= 0.3 is 0 Å². The molecule has 1 fully saturated rings. The first-order valence-electron chi connectivity index (χ1n) is 8.68. The Morgan fingerprint density at radius 2 is 2.23 bits per heavy atom. The number of nitrogens with zero attached hydrogens (tertiary/aromatic N) is 3. The van der Waals surface area contributed by atoms with E-state index in [0.29, 0.717) is 18.6 Å². The number of piperidine rings is 1. The zero-order valence-electron chi connectivity index (χ0n) is 14.2. The summed E-state index contributed by atoms with van der Waals surface area (Å²) in [6.07, 6.45) is 3.49. The summed E-state index contributed by atoms with van der Waals surface area (Å²) in [4.78, 5) is 23.3. The molecule has 1 atom stereocenters. The van der Waals surface area contributed by atoms with E-state index in [1.165, 1.54) is 17.4 Å². The Kier molecular flexibility index (Phi) is 4.79. The number of halogens is 1. The van der Waals surface area contributed by atoms with Crippen LogP contribution in [0.3, 0.4) is 0 Å². The van der Waals surface area contributed by atoms with Gasteiger partial charge in [-0.2, -0.15) is 0 Å². The number of thiazole rings is 1. The van der Waals surface area contributed by atoms with E-state index in [-0.39, 0.29) is 17.6 Å². The first-order valence-corrected chi connectivity index (χ1v) is 9.50. The summed E-state index contributed by atoms with van der Waals surface area (Å²) in [6.45, 7) is 1.88. The lowest BCUT2D eigenvalue weighted by molar-refractivity contribution is -0.125. The first kappa shape index (κ1) is 16.9. The molecular weight excluding hydrogens is 351 g/mol. The summed E-state index contributed by atoms with van der Waals surface area (Å²) in [6, 6.07) is 10.7. The molecule has 1 unspecified atom stereocenters. The number of amides is 1. The zero-order chi connectivity index (χ0) is 17.9. The van der Waals surface area contributed by atoms with Gasteiger partial charge in [0.2, 0.25) is 5.91 Å². The van der Waals surface area contributed by atoms with E-state index in [9.17, 15) is 9.18 Å². The van der Waals surface area contributed by atoms with E-state index in [0.717, 1.165) is 34.9 Å². The van der Waals surface area contributed by atoms with Gasteiger partial charge in [-0.1, -0.05) is 23.5 Å². The van der Waals surface area contributed by atoms with E-state index < -0.39 is 0 Å². The number of pyridine rings is 1. The average molecular weight is 370 g/mol. The van der Waals surface area contributed by atoms with Gasteiger partial charge in [-0.15, -0.1) is 0 Å². The Labute approximate surface area is 154 Å². The van der Waals surface area contributed by atoms with Crippen LogP contribution in [0.2, 0.25) is 0 Å². The van der Waals surface area contributed by atoms with Gasteiger partial charge in [0.05, 0.1) is 22.9 Å². The quantitative estimate of drug-likeness (QED) is 0.765. The number of fused-ring (bicyclic) bond motifs is 1. The molecule has 26 heavy (non-hydrogen) atoms. The second-order valence-electron chi connectivity index (χ2n) is 6.41. The minimum atomic E-state index is -0.299. The molecule has 1 N–H and O–H groups in total. The summed E-state index contributed by atoms with van der Waals surface area (Å²) in [7, 11) is 0. The average Bonchev–Trinajstić information content (AvgIpc) is 3.13. The van der Waals surface area contributed by atoms with E-state index in [4.69, 9.17) is 0 Å². The minimum Gasteiger partial charge on any atom is -0.350 e. The van der Waals surface area contributed by atoms with E-state index in [1.807, 2.05) is 24.3 Å². The lowest BCUT2D eigenvalue weighted by Gasteiger charge is -2.31. The van der Waals surface area contributed by atoms with Crippen molar-refractivity contribution in [1.82, 2.24) is 15.3 Å². The molecule has 2 aromatic heterocycles. The molecule has 1 aromatic carbocycles. The molecule has 1 aliphatic heterocycles. The molecule has 1 aliphatic rings. The summed E-state index contributed by atoms with van der Waals surface area (Å²) in [5.41, 5.74) is 1.25. The molecule has 134 valence electrons. The Morgan fingerprint density at radius 3 is 3.04 bits per heavy atom. The highest BCUT2D eigenvalue weighted by Gasteiger charge is 2.27. The van der Waals surface area contributed by atoms with Crippen LogP contribution in [0.25, 0.3) is 10.2 Å². The number of carbonyl (C=O) groups is 1. The van der Waals surface area contributed by atoms with Crippen molar-refractivity contribution in [3.63, 3.8) is 0 Å². The van der Waals surface area contributed by atoms with Crippen molar-refractivity contribution >= 4 is 32.6 Å². The molecule has 3 aromatic rings. The van der Waals surface area contributed by atoms with Gasteiger partial charge in [0.1, 0.15) is 11.3 Å². The topological polar surface area (TPSA) is 58.1 Å². The predicted octanol–water partition coefficient (Wildman–Crippen LogP) is 3.36. The number of hydrogen-bond acceptors (Lipinski definition) is 5. The van der Waals surface area contributed by atoms with E-state index in [1.54, 1.807) is 12.3 Å². The van der Waals surface area contributed by atoms with Crippen LogP contribution in [0.1, 0.15) is 18.5 Å². The second kappa shape index (κ2) is 7.37. The van der Waals surface area contributed by atoms with Gasteiger partial charge in [0.15, 0.2) is 5.13 Å². The molecule has 3 heterocycles. The maximum atomic E-state index is 13.9. The second-order valence-corrected chi connectivity index (χ2v) is 7.42. The molecule has 1 amide bonds. The lowest BCUT2D eigenvalue weighted by Crippen LogP contribution is -2.43. The molecule has 0 bridgehead atoms. The van der Waals surface area contributed by atoms with Crippen LogP contribution >= 0.6 is 11.3 Å². The molecule has 1 saturated heterocycles. The van der Waals surface area contributed by atoms with Gasteiger partial charge < -0.3 is 10.2 Å². The number of para-hydroxylation sites is 1. The van der Waals surface area contributed by atoms with Gasteiger partial charge in [-0.25, -0.2) is 9.37 Å². The summed E-state index contributed by atoms with van der Waals surface area (Å²) in [5.74, 6) is -0.358. The van der Waals surface area contributed by atoms with Gasteiger partial charge in [-0.05, 0) is 37.1 Å². The molecule has 5 nitrogen and oxygen atoms in total. The van der Waals surface area contributed by atoms with Crippen LogP contribution in [0.5, 0.6) is 0 Å². The molecule has 4 rings (SSSR count). The smallest absolute Gasteiger partial charge is 0.225 e. The van der Waals surface area contributed by atoms with Crippen LogP contribution in [0.4, 0.5) is 9.52 Å². The van der Waals surface area contributed by atoms with Crippen molar-refractivity contribution in [3.8, 4) is 0 Å². The maximum absolute atomic E-state index is 13.9. The van der Waals surface area contributed by atoms with Crippen molar-refractivity contribution in [2.75, 3.05) is 18.0 Å². The number of anilines is 1. The third-order valence-corrected chi connectivity index (χ3v) is 5.67. The Bertz CT molecular complexity index is 914. The predicted molar refractivity (Wildman–Crippen MR) is 101 cm³/mol. The van der Waals surface area contributed by atoms with Gasteiger partial charge in [0, 0.05) is 19.3 Å². The van der Waals surface area contributed by atoms with E-state index in [2.05, 4.69) is 20.2 Å².